The normalized spacial score (nSPS) is 20.7. The van der Waals surface area contributed by atoms with E-state index in [1.807, 2.05) is 34.5 Å². The maximum absolute atomic E-state index is 14.0. The highest BCUT2D eigenvalue weighted by molar-refractivity contribution is 7.11. The number of amidine groups is 1. The standard InChI is InChI=1S/C32H32ClFN6O5S/c1-18(30(41)42)13-19-3-6-21(7-4-19)40-16-22-15-38(10-11-39(22)32(40)44)17-25-26(31(43)45-2)27(23-8-5-20(34)14-24(23)33)37-28(36-25)29-35-9-12-46-29/h3-9,12,14,18,22,27H,10-11,13,15-17H2,1-2H3,(H,36,37)(H,41,42). The van der Waals surface area contributed by atoms with Crippen molar-refractivity contribution in [3.05, 3.63) is 92.3 Å². The van der Waals surface area contributed by atoms with Gasteiger partial charge in [0.25, 0.3) is 0 Å². The quantitative estimate of drug-likeness (QED) is 0.323. The topological polar surface area (TPSA) is 128 Å². The number of anilines is 1. The van der Waals surface area contributed by atoms with Crippen LogP contribution in [0.4, 0.5) is 14.9 Å². The fraction of sp³-hybridized carbons (Fsp3) is 0.344. The first kappa shape index (κ1) is 31.6. The average Bonchev–Trinajstić information content (AvgIpc) is 3.69. The third-order valence-corrected chi connectivity index (χ3v) is 9.56. The monoisotopic (exact) mass is 666 g/mol. The van der Waals surface area contributed by atoms with Crippen molar-refractivity contribution in [2.75, 3.05) is 44.7 Å². The molecule has 3 aliphatic heterocycles. The van der Waals surface area contributed by atoms with Crippen LogP contribution in [0.3, 0.4) is 0 Å². The Kier molecular flexibility index (Phi) is 9.07. The van der Waals surface area contributed by atoms with E-state index in [-0.39, 0.29) is 22.7 Å². The van der Waals surface area contributed by atoms with Crippen molar-refractivity contribution in [3.8, 4) is 0 Å². The number of methoxy groups -OCH3 is 1. The van der Waals surface area contributed by atoms with Crippen molar-refractivity contribution in [1.29, 1.82) is 0 Å². The number of thiazole rings is 1. The summed E-state index contributed by atoms with van der Waals surface area (Å²) in [5.74, 6) is -1.97. The Morgan fingerprint density at radius 1 is 1.20 bits per heavy atom. The van der Waals surface area contributed by atoms with Crippen LogP contribution in [0.25, 0.3) is 0 Å². The van der Waals surface area contributed by atoms with Crippen molar-refractivity contribution < 1.29 is 28.6 Å². The molecule has 46 heavy (non-hydrogen) atoms. The highest BCUT2D eigenvalue weighted by Crippen LogP contribution is 2.37. The number of ether oxygens (including phenoxy) is 1. The number of carbonyl (C=O) groups is 3. The lowest BCUT2D eigenvalue weighted by Gasteiger charge is -2.38. The number of nitrogens with one attached hydrogen (secondary N) is 1. The number of esters is 1. The zero-order valence-electron chi connectivity index (χ0n) is 25.2. The summed E-state index contributed by atoms with van der Waals surface area (Å²) in [7, 11) is 1.30. The number of aromatic nitrogens is 1. The summed E-state index contributed by atoms with van der Waals surface area (Å²) < 4.78 is 19.2. The second-order valence-corrected chi connectivity index (χ2v) is 12.8. The molecule has 1 aromatic heterocycles. The third kappa shape index (κ3) is 6.35. The first-order chi connectivity index (χ1) is 22.1. The van der Waals surface area contributed by atoms with Gasteiger partial charge in [-0.15, -0.1) is 11.3 Å². The first-order valence-corrected chi connectivity index (χ1v) is 16.0. The van der Waals surface area contributed by atoms with E-state index in [0.29, 0.717) is 61.2 Å². The number of carboxylic acid groups (broad SMARTS) is 1. The van der Waals surface area contributed by atoms with Gasteiger partial charge >= 0.3 is 18.0 Å². The molecular formula is C32H32ClFN6O5S. The largest absolute Gasteiger partial charge is 0.481 e. The van der Waals surface area contributed by atoms with Crippen molar-refractivity contribution in [3.63, 3.8) is 0 Å². The molecule has 0 spiro atoms. The molecule has 2 saturated heterocycles. The number of fused-ring (bicyclic) bond motifs is 1. The molecule has 2 fully saturated rings. The van der Waals surface area contributed by atoms with Crippen molar-refractivity contribution in [2.24, 2.45) is 10.9 Å². The summed E-state index contributed by atoms with van der Waals surface area (Å²) in [5.41, 5.74) is 2.94. The van der Waals surface area contributed by atoms with Crippen molar-refractivity contribution in [2.45, 2.75) is 25.4 Å². The first-order valence-electron chi connectivity index (χ1n) is 14.8. The molecule has 6 rings (SSSR count). The lowest BCUT2D eigenvalue weighted by molar-refractivity contribution is -0.141. The number of carboxylic acids is 1. The van der Waals surface area contributed by atoms with E-state index >= 15 is 0 Å². The zero-order valence-corrected chi connectivity index (χ0v) is 26.7. The summed E-state index contributed by atoms with van der Waals surface area (Å²) in [4.78, 5) is 52.9. The molecule has 14 heteroatoms. The van der Waals surface area contributed by atoms with Crippen molar-refractivity contribution in [1.82, 2.24) is 20.1 Å². The van der Waals surface area contributed by atoms with Gasteiger partial charge in [-0.2, -0.15) is 0 Å². The molecule has 0 aliphatic carbocycles. The number of aliphatic carboxylic acids is 1. The lowest BCUT2D eigenvalue weighted by Crippen LogP contribution is -2.53. The van der Waals surface area contributed by atoms with Gasteiger partial charge in [0.2, 0.25) is 0 Å². The smallest absolute Gasteiger partial charge is 0.338 e. The molecule has 0 bridgehead atoms. The minimum Gasteiger partial charge on any atom is -0.481 e. The van der Waals surface area contributed by atoms with Crippen LogP contribution in [-0.2, 0) is 20.7 Å². The summed E-state index contributed by atoms with van der Waals surface area (Å²) in [6.45, 7) is 4.10. The van der Waals surface area contributed by atoms with Gasteiger partial charge in [-0.25, -0.2) is 19.0 Å². The molecule has 0 radical (unpaired) electrons. The van der Waals surface area contributed by atoms with Crippen LogP contribution in [0.1, 0.15) is 29.1 Å². The lowest BCUT2D eigenvalue weighted by atomic mass is 9.95. The molecule has 3 aromatic rings. The number of rotatable bonds is 9. The Morgan fingerprint density at radius 2 is 1.98 bits per heavy atom. The van der Waals surface area contributed by atoms with E-state index in [1.54, 1.807) is 18.0 Å². The maximum atomic E-state index is 14.0. The number of amides is 2. The Hall–Kier alpha value is -4.33. The Morgan fingerprint density at radius 3 is 2.65 bits per heavy atom. The summed E-state index contributed by atoms with van der Waals surface area (Å²) >= 11 is 7.86. The number of piperazine rings is 1. The number of nitrogens with zero attached hydrogens (tertiary/aromatic N) is 5. The molecule has 3 atom stereocenters. The molecule has 3 aliphatic rings. The number of hydrogen-bond donors (Lipinski definition) is 2. The fourth-order valence-corrected chi connectivity index (χ4v) is 6.93. The van der Waals surface area contributed by atoms with E-state index in [0.717, 1.165) is 11.3 Å². The van der Waals surface area contributed by atoms with Crippen LogP contribution in [0, 0.1) is 11.7 Å². The average molecular weight is 667 g/mol. The predicted molar refractivity (Wildman–Crippen MR) is 172 cm³/mol. The Balaban J connectivity index is 1.24. The Labute approximate surface area is 273 Å². The van der Waals surface area contributed by atoms with Crippen LogP contribution in [0.5, 0.6) is 0 Å². The van der Waals surface area contributed by atoms with E-state index in [9.17, 15) is 23.9 Å². The Bertz CT molecular complexity index is 1720. The predicted octanol–water partition coefficient (Wildman–Crippen LogP) is 4.34. The fourth-order valence-electron chi connectivity index (χ4n) is 6.08. The van der Waals surface area contributed by atoms with Gasteiger partial charge in [0.1, 0.15) is 11.9 Å². The van der Waals surface area contributed by atoms with Gasteiger partial charge in [-0.1, -0.05) is 36.7 Å². The summed E-state index contributed by atoms with van der Waals surface area (Å²) in [6, 6.07) is 10.4. The van der Waals surface area contributed by atoms with Gasteiger partial charge in [0.15, 0.2) is 10.8 Å². The van der Waals surface area contributed by atoms with E-state index in [4.69, 9.17) is 21.3 Å². The minimum absolute atomic E-state index is 0.0780. The molecule has 4 heterocycles. The van der Waals surface area contributed by atoms with Crippen LogP contribution >= 0.6 is 22.9 Å². The van der Waals surface area contributed by atoms with Gasteiger partial charge in [0.05, 0.1) is 24.6 Å². The van der Waals surface area contributed by atoms with E-state index in [2.05, 4.69) is 15.2 Å². The van der Waals surface area contributed by atoms with Gasteiger partial charge < -0.3 is 20.1 Å². The minimum atomic E-state index is -0.859. The van der Waals surface area contributed by atoms with Crippen LogP contribution < -0.4 is 10.2 Å². The number of halogens is 2. The molecular weight excluding hydrogens is 635 g/mol. The molecule has 3 unspecified atom stereocenters. The highest BCUT2D eigenvalue weighted by Gasteiger charge is 2.42. The number of aliphatic imine (C=N–C) groups is 1. The molecule has 240 valence electrons. The zero-order chi connectivity index (χ0) is 32.5. The van der Waals surface area contributed by atoms with E-state index < -0.39 is 29.7 Å². The number of hydrogen-bond acceptors (Lipinski definition) is 9. The second-order valence-electron chi connectivity index (χ2n) is 11.5. The van der Waals surface area contributed by atoms with Gasteiger partial charge in [-0.3, -0.25) is 19.6 Å². The van der Waals surface area contributed by atoms with Crippen LogP contribution in [-0.4, -0.2) is 89.6 Å². The van der Waals surface area contributed by atoms with Crippen LogP contribution in [0.15, 0.2) is 70.3 Å². The van der Waals surface area contributed by atoms with Crippen molar-refractivity contribution >= 4 is 52.4 Å². The molecule has 11 nitrogen and oxygen atoms in total. The maximum Gasteiger partial charge on any atom is 0.338 e. The summed E-state index contributed by atoms with van der Waals surface area (Å²) in [6.07, 6.45) is 2.07. The van der Waals surface area contributed by atoms with Crippen LogP contribution in [0.2, 0.25) is 5.02 Å². The van der Waals surface area contributed by atoms with Gasteiger partial charge in [-0.05, 0) is 36.2 Å². The SMILES string of the molecule is COC(=O)C1=C(CN2CCN3C(=O)N(c4ccc(CC(C)C(=O)O)cc4)CC3C2)NC(c2nccs2)=NC1c1ccc(F)cc1Cl. The number of urea groups is 1. The second kappa shape index (κ2) is 13.2. The number of carbonyl (C=O) groups excluding carboxylic acids is 2. The highest BCUT2D eigenvalue weighted by atomic mass is 35.5. The molecule has 2 amide bonds. The van der Waals surface area contributed by atoms with E-state index in [1.165, 1.54) is 36.6 Å². The van der Waals surface area contributed by atoms with Gasteiger partial charge in [0, 0.05) is 66.3 Å². The third-order valence-electron chi connectivity index (χ3n) is 8.45. The summed E-state index contributed by atoms with van der Waals surface area (Å²) in [5, 5.41) is 15.1. The number of benzene rings is 2. The molecule has 2 N–H and O–H groups in total. The molecule has 0 saturated carbocycles. The molecule has 2 aromatic carbocycles.